The second-order valence-electron chi connectivity index (χ2n) is 9.11. The van der Waals surface area contributed by atoms with E-state index in [0.717, 1.165) is 44.8 Å². The molecule has 0 radical (unpaired) electrons. The highest BCUT2D eigenvalue weighted by molar-refractivity contribution is 9.12. The molecule has 2 heterocycles. The van der Waals surface area contributed by atoms with Gasteiger partial charge in [-0.25, -0.2) is 0 Å². The van der Waals surface area contributed by atoms with Gasteiger partial charge < -0.3 is 18.9 Å². The summed E-state index contributed by atoms with van der Waals surface area (Å²) in [6.07, 6.45) is 6.08. The SMILES string of the molecule is CC1=CC2=C(Br)C3=C(CC2=C1C(C)(C)C1=C2CC4=C(OCO4)C(Br)=C2C=C1C)OCO3. The van der Waals surface area contributed by atoms with Gasteiger partial charge >= 0.3 is 0 Å². The van der Waals surface area contributed by atoms with Crippen molar-refractivity contribution < 1.29 is 18.9 Å². The van der Waals surface area contributed by atoms with E-state index in [1.165, 1.54) is 44.6 Å². The van der Waals surface area contributed by atoms with Crippen molar-refractivity contribution in [2.75, 3.05) is 13.6 Å². The summed E-state index contributed by atoms with van der Waals surface area (Å²) in [5, 5.41) is 0. The molecule has 0 aromatic heterocycles. The molecule has 0 aromatic carbocycles. The van der Waals surface area contributed by atoms with Crippen LogP contribution in [0.25, 0.3) is 0 Å². The topological polar surface area (TPSA) is 36.9 Å². The Hall–Kier alpha value is -1.92. The van der Waals surface area contributed by atoms with Gasteiger partial charge in [-0.1, -0.05) is 26.0 Å². The third kappa shape index (κ3) is 2.58. The minimum Gasteiger partial charge on any atom is -0.458 e. The molecule has 4 aliphatic carbocycles. The molecule has 0 saturated heterocycles. The lowest BCUT2D eigenvalue weighted by Crippen LogP contribution is -2.22. The fraction of sp³-hybridized carbons (Fsp3) is 0.360. The summed E-state index contributed by atoms with van der Waals surface area (Å²) >= 11 is 7.56. The zero-order valence-corrected chi connectivity index (χ0v) is 21.0. The molecule has 0 saturated carbocycles. The molecule has 2 aliphatic heterocycles. The summed E-state index contributed by atoms with van der Waals surface area (Å²) in [6.45, 7) is 9.69. The van der Waals surface area contributed by atoms with Gasteiger partial charge in [0.05, 0.1) is 8.96 Å². The summed E-state index contributed by atoms with van der Waals surface area (Å²) in [5.74, 6) is 3.54. The summed E-state index contributed by atoms with van der Waals surface area (Å²) in [7, 11) is 0. The molecule has 160 valence electrons. The van der Waals surface area contributed by atoms with Crippen molar-refractivity contribution in [2.24, 2.45) is 5.41 Å². The van der Waals surface area contributed by atoms with Crippen LogP contribution in [-0.2, 0) is 18.9 Å². The van der Waals surface area contributed by atoms with Crippen molar-refractivity contribution in [1.82, 2.24) is 0 Å². The van der Waals surface area contributed by atoms with E-state index in [0.29, 0.717) is 13.6 Å². The number of allylic oxidation sites excluding steroid dienone is 12. The molecule has 0 N–H and O–H groups in total. The van der Waals surface area contributed by atoms with Crippen LogP contribution < -0.4 is 0 Å². The van der Waals surface area contributed by atoms with E-state index >= 15 is 0 Å². The summed E-state index contributed by atoms with van der Waals surface area (Å²) < 4.78 is 25.0. The Morgan fingerprint density at radius 2 is 1.13 bits per heavy atom. The smallest absolute Gasteiger partial charge is 0.230 e. The Kier molecular flexibility index (Phi) is 4.17. The minimum atomic E-state index is -0.190. The van der Waals surface area contributed by atoms with Crippen molar-refractivity contribution in [2.45, 2.75) is 40.5 Å². The van der Waals surface area contributed by atoms with Crippen molar-refractivity contribution in [3.05, 3.63) is 88.7 Å². The minimum absolute atomic E-state index is 0.190. The molecule has 0 unspecified atom stereocenters. The second kappa shape index (κ2) is 6.55. The maximum absolute atomic E-state index is 5.79. The van der Waals surface area contributed by atoms with Gasteiger partial charge in [0.1, 0.15) is 11.5 Å². The maximum Gasteiger partial charge on any atom is 0.230 e. The maximum atomic E-state index is 5.79. The van der Waals surface area contributed by atoms with Crippen LogP contribution in [0.1, 0.15) is 40.5 Å². The van der Waals surface area contributed by atoms with Crippen molar-refractivity contribution in [1.29, 1.82) is 0 Å². The molecule has 0 bridgehead atoms. The lowest BCUT2D eigenvalue weighted by atomic mass is 9.70. The average molecular weight is 546 g/mol. The van der Waals surface area contributed by atoms with Crippen LogP contribution in [0.4, 0.5) is 0 Å². The monoisotopic (exact) mass is 544 g/mol. The van der Waals surface area contributed by atoms with Crippen LogP contribution >= 0.6 is 31.9 Å². The first-order valence-corrected chi connectivity index (χ1v) is 12.0. The number of fused-ring (bicyclic) bond motifs is 2. The fourth-order valence-corrected chi connectivity index (χ4v) is 7.31. The number of hydrogen-bond acceptors (Lipinski definition) is 4. The van der Waals surface area contributed by atoms with Crippen LogP contribution in [0.5, 0.6) is 0 Å². The van der Waals surface area contributed by atoms with Gasteiger partial charge in [0, 0.05) is 18.3 Å². The highest BCUT2D eigenvalue weighted by atomic mass is 79.9. The molecule has 0 fully saturated rings. The number of rotatable bonds is 2. The number of ether oxygens (including phenoxy) is 4. The van der Waals surface area contributed by atoms with Gasteiger partial charge in [0.15, 0.2) is 11.5 Å². The van der Waals surface area contributed by atoms with Crippen LogP contribution in [-0.4, -0.2) is 13.6 Å². The molecule has 6 heteroatoms. The summed E-state index contributed by atoms with van der Waals surface area (Å²) in [6, 6.07) is 0. The zero-order valence-electron chi connectivity index (χ0n) is 17.9. The van der Waals surface area contributed by atoms with Crippen LogP contribution in [0.3, 0.4) is 0 Å². The van der Waals surface area contributed by atoms with E-state index in [2.05, 4.69) is 71.7 Å². The first kappa shape index (κ1) is 19.7. The van der Waals surface area contributed by atoms with E-state index < -0.39 is 0 Å². The van der Waals surface area contributed by atoms with Crippen LogP contribution in [0.15, 0.2) is 88.7 Å². The van der Waals surface area contributed by atoms with E-state index in [9.17, 15) is 0 Å². The fourth-order valence-electron chi connectivity index (χ4n) is 5.93. The largest absolute Gasteiger partial charge is 0.458 e. The van der Waals surface area contributed by atoms with Gasteiger partial charge in [-0.2, -0.15) is 0 Å². The molecule has 6 aliphatic rings. The van der Waals surface area contributed by atoms with Gasteiger partial charge in [0.2, 0.25) is 13.6 Å². The zero-order chi connectivity index (χ0) is 21.7. The Bertz CT molecular complexity index is 1130. The Labute approximate surface area is 198 Å². The highest BCUT2D eigenvalue weighted by Gasteiger charge is 2.44. The Morgan fingerprint density at radius 1 is 0.710 bits per heavy atom. The molecule has 0 spiro atoms. The van der Waals surface area contributed by atoms with E-state index in [-0.39, 0.29) is 5.41 Å². The first-order chi connectivity index (χ1) is 14.8. The Balaban J connectivity index is 1.52. The first-order valence-electron chi connectivity index (χ1n) is 10.4. The molecular weight excluding hydrogens is 524 g/mol. The van der Waals surface area contributed by atoms with E-state index in [4.69, 9.17) is 18.9 Å². The lowest BCUT2D eigenvalue weighted by Gasteiger charge is -2.34. The normalized spacial score (nSPS) is 24.6. The molecule has 31 heavy (non-hydrogen) atoms. The van der Waals surface area contributed by atoms with Gasteiger partial charge in [-0.3, -0.25) is 0 Å². The molecule has 4 nitrogen and oxygen atoms in total. The third-order valence-electron chi connectivity index (χ3n) is 6.94. The number of halogens is 2. The van der Waals surface area contributed by atoms with E-state index in [1.54, 1.807) is 0 Å². The van der Waals surface area contributed by atoms with Crippen molar-refractivity contribution in [3.8, 4) is 0 Å². The summed E-state index contributed by atoms with van der Waals surface area (Å²) in [5.41, 5.74) is 10.2. The molecule has 0 aromatic rings. The second-order valence-corrected chi connectivity index (χ2v) is 10.7. The highest BCUT2D eigenvalue weighted by Crippen LogP contribution is 2.57. The quantitative estimate of drug-likeness (QED) is 0.372. The van der Waals surface area contributed by atoms with Gasteiger partial charge in [-0.05, 0) is 90.3 Å². The molecular formula is C25H22Br2O4. The van der Waals surface area contributed by atoms with Gasteiger partial charge in [0.25, 0.3) is 0 Å². The van der Waals surface area contributed by atoms with Crippen LogP contribution in [0, 0.1) is 5.41 Å². The lowest BCUT2D eigenvalue weighted by molar-refractivity contribution is 0.0731. The Morgan fingerprint density at radius 3 is 1.55 bits per heavy atom. The molecule has 0 amide bonds. The molecule has 0 atom stereocenters. The van der Waals surface area contributed by atoms with Crippen molar-refractivity contribution >= 4 is 31.9 Å². The van der Waals surface area contributed by atoms with E-state index in [1.807, 2.05) is 0 Å². The predicted molar refractivity (Wildman–Crippen MR) is 125 cm³/mol. The predicted octanol–water partition coefficient (Wildman–Crippen LogP) is 7.06. The van der Waals surface area contributed by atoms with Crippen LogP contribution in [0.2, 0.25) is 0 Å². The summed E-state index contributed by atoms with van der Waals surface area (Å²) in [4.78, 5) is 0. The van der Waals surface area contributed by atoms with Gasteiger partial charge in [-0.15, -0.1) is 0 Å². The molecule has 6 rings (SSSR count). The average Bonchev–Trinajstić information content (AvgIpc) is 3.46. The third-order valence-corrected chi connectivity index (χ3v) is 8.51. The standard InChI is InChI=1S/C25H22Br2O4/c1-11-5-15-13(7-17-23(21(15)26)30-9-28-17)19(11)25(3,4)20-12(2)6-16-14(20)8-18-24(22(16)27)31-10-29-18/h5-6H,7-10H2,1-4H3. The van der Waals surface area contributed by atoms with Crippen molar-refractivity contribution in [3.63, 3.8) is 0 Å². The number of hydrogen-bond donors (Lipinski definition) is 0.